The van der Waals surface area contributed by atoms with Crippen molar-refractivity contribution in [2.45, 2.75) is 33.1 Å². The molecule has 0 saturated carbocycles. The number of Topliss-reactive ketones (excluding diaryl/α,β-unsaturated/α-hetero) is 1. The normalized spacial score (nSPS) is 19.1. The first kappa shape index (κ1) is 14.2. The van der Waals surface area contributed by atoms with Crippen LogP contribution in [0.15, 0.2) is 0 Å². The molecular formula is C13H25N2O2+. The van der Waals surface area contributed by atoms with E-state index in [9.17, 15) is 9.59 Å². The predicted octanol–water partition coefficient (Wildman–Crippen LogP) is 1.05. The number of nitrogens with zero attached hydrogens (tertiary/aromatic N) is 2. The summed E-state index contributed by atoms with van der Waals surface area (Å²) in [5, 5.41) is 0. The molecule has 0 aliphatic carbocycles. The fraction of sp³-hybridized carbons (Fsp3) is 0.846. The Morgan fingerprint density at radius 3 is 2.18 bits per heavy atom. The highest BCUT2D eigenvalue weighted by Gasteiger charge is 2.29. The Hall–Kier alpha value is -0.900. The smallest absolute Gasteiger partial charge is 0.223 e. The van der Waals surface area contributed by atoms with Gasteiger partial charge in [0.1, 0.15) is 5.78 Å². The predicted molar refractivity (Wildman–Crippen MR) is 67.6 cm³/mol. The number of rotatable bonds is 5. The Bertz CT molecular complexity index is 281. The van der Waals surface area contributed by atoms with Crippen LogP contribution in [0.1, 0.15) is 33.1 Å². The maximum atomic E-state index is 11.9. The highest BCUT2D eigenvalue weighted by molar-refractivity contribution is 5.84. The molecule has 0 aromatic rings. The van der Waals surface area contributed by atoms with Gasteiger partial charge in [0.25, 0.3) is 0 Å². The Labute approximate surface area is 104 Å². The van der Waals surface area contributed by atoms with Gasteiger partial charge in [0, 0.05) is 19.3 Å². The number of hydrogen-bond donors (Lipinski definition) is 0. The van der Waals surface area contributed by atoms with Gasteiger partial charge in [-0.25, -0.2) is 0 Å². The lowest BCUT2D eigenvalue weighted by Gasteiger charge is -2.41. The third-order valence-electron chi connectivity index (χ3n) is 3.95. The largest absolute Gasteiger partial charge is 0.331 e. The summed E-state index contributed by atoms with van der Waals surface area (Å²) in [5.41, 5.74) is 0. The second-order valence-corrected chi connectivity index (χ2v) is 5.16. The molecule has 1 fully saturated rings. The van der Waals surface area contributed by atoms with Gasteiger partial charge in [-0.1, -0.05) is 6.92 Å². The molecule has 0 atom stereocenters. The lowest BCUT2D eigenvalue weighted by Crippen LogP contribution is -2.58. The number of carbonyl (C=O) groups is 2. The summed E-state index contributed by atoms with van der Waals surface area (Å²) in [7, 11) is 2.24. The average Bonchev–Trinajstić information content (AvgIpc) is 2.36. The second kappa shape index (κ2) is 6.15. The molecule has 1 aliphatic rings. The molecule has 17 heavy (non-hydrogen) atoms. The summed E-state index contributed by atoms with van der Waals surface area (Å²) in [4.78, 5) is 25.0. The summed E-state index contributed by atoms with van der Waals surface area (Å²) in [5.74, 6) is 0.332. The van der Waals surface area contributed by atoms with E-state index in [2.05, 4.69) is 14.0 Å². The molecule has 1 saturated heterocycles. The van der Waals surface area contributed by atoms with Gasteiger partial charge in [0.05, 0.1) is 39.8 Å². The van der Waals surface area contributed by atoms with Crippen molar-refractivity contribution in [3.05, 3.63) is 0 Å². The van der Waals surface area contributed by atoms with Crippen molar-refractivity contribution >= 4 is 11.7 Å². The summed E-state index contributed by atoms with van der Waals surface area (Å²) in [6, 6.07) is 0. The van der Waals surface area contributed by atoms with Crippen LogP contribution in [0, 0.1) is 0 Å². The Balaban J connectivity index is 2.33. The van der Waals surface area contributed by atoms with Crippen LogP contribution < -0.4 is 0 Å². The van der Waals surface area contributed by atoms with Gasteiger partial charge in [-0.3, -0.25) is 9.59 Å². The molecule has 1 heterocycles. The van der Waals surface area contributed by atoms with Crippen molar-refractivity contribution in [3.63, 3.8) is 0 Å². The first-order chi connectivity index (χ1) is 8.00. The van der Waals surface area contributed by atoms with E-state index in [0.29, 0.717) is 19.3 Å². The maximum Gasteiger partial charge on any atom is 0.223 e. The molecular weight excluding hydrogens is 216 g/mol. The number of carbonyl (C=O) groups excluding carboxylic acids is 2. The van der Waals surface area contributed by atoms with Crippen LogP contribution in [0.4, 0.5) is 0 Å². The number of amides is 1. The van der Waals surface area contributed by atoms with Crippen LogP contribution >= 0.6 is 0 Å². The highest BCUT2D eigenvalue weighted by Crippen LogP contribution is 2.11. The molecule has 4 nitrogen and oxygen atoms in total. The summed E-state index contributed by atoms with van der Waals surface area (Å²) >= 11 is 0. The molecule has 0 spiro atoms. The molecule has 0 unspecified atom stereocenters. The quantitative estimate of drug-likeness (QED) is 0.675. The van der Waals surface area contributed by atoms with E-state index in [-0.39, 0.29) is 11.7 Å². The van der Waals surface area contributed by atoms with Crippen molar-refractivity contribution in [1.82, 2.24) is 4.90 Å². The first-order valence-electron chi connectivity index (χ1n) is 6.64. The van der Waals surface area contributed by atoms with Crippen LogP contribution in [0.5, 0.6) is 0 Å². The molecule has 0 radical (unpaired) electrons. The van der Waals surface area contributed by atoms with Crippen LogP contribution in [-0.2, 0) is 9.59 Å². The van der Waals surface area contributed by atoms with Crippen molar-refractivity contribution < 1.29 is 14.1 Å². The van der Waals surface area contributed by atoms with E-state index in [1.54, 1.807) is 0 Å². The number of likely N-dealkylation sites (N-methyl/N-ethyl adjacent to an activating group) is 1. The van der Waals surface area contributed by atoms with Crippen LogP contribution in [0.25, 0.3) is 0 Å². The standard InChI is InChI=1S/C13H25N2O2/c1-4-12(16)6-7-13(17)14-8-10-15(3,5-2)11-9-14/h4-11H2,1-3H3/q+1. The van der Waals surface area contributed by atoms with Gasteiger partial charge >= 0.3 is 0 Å². The van der Waals surface area contributed by atoms with E-state index in [1.807, 2.05) is 11.8 Å². The van der Waals surface area contributed by atoms with Gasteiger partial charge in [-0.15, -0.1) is 0 Å². The molecule has 4 heteroatoms. The summed E-state index contributed by atoms with van der Waals surface area (Å²) < 4.78 is 1.05. The Morgan fingerprint density at radius 1 is 1.12 bits per heavy atom. The van der Waals surface area contributed by atoms with Crippen molar-refractivity contribution in [1.29, 1.82) is 0 Å². The van der Waals surface area contributed by atoms with E-state index in [1.165, 1.54) is 0 Å². The van der Waals surface area contributed by atoms with E-state index < -0.39 is 0 Å². The monoisotopic (exact) mass is 241 g/mol. The van der Waals surface area contributed by atoms with Gasteiger partial charge in [-0.2, -0.15) is 0 Å². The lowest BCUT2D eigenvalue weighted by molar-refractivity contribution is -0.911. The van der Waals surface area contributed by atoms with Gasteiger partial charge < -0.3 is 9.38 Å². The summed E-state index contributed by atoms with van der Waals surface area (Å²) in [6.45, 7) is 8.90. The number of ketones is 1. The zero-order valence-corrected chi connectivity index (χ0v) is 11.4. The van der Waals surface area contributed by atoms with Crippen LogP contribution in [0.2, 0.25) is 0 Å². The minimum Gasteiger partial charge on any atom is -0.331 e. The molecule has 1 rings (SSSR count). The number of piperazine rings is 1. The Morgan fingerprint density at radius 2 is 1.71 bits per heavy atom. The SMILES string of the molecule is CCC(=O)CCC(=O)N1CC[N+](C)(CC)CC1. The van der Waals surface area contributed by atoms with Crippen LogP contribution in [0.3, 0.4) is 0 Å². The van der Waals surface area contributed by atoms with E-state index in [0.717, 1.165) is 37.2 Å². The molecule has 0 aromatic heterocycles. The van der Waals surface area contributed by atoms with E-state index in [4.69, 9.17) is 0 Å². The fourth-order valence-corrected chi connectivity index (χ4v) is 2.09. The first-order valence-corrected chi connectivity index (χ1v) is 6.64. The highest BCUT2D eigenvalue weighted by atomic mass is 16.2. The zero-order chi connectivity index (χ0) is 12.9. The van der Waals surface area contributed by atoms with E-state index >= 15 is 0 Å². The van der Waals surface area contributed by atoms with Gasteiger partial charge in [0.2, 0.25) is 5.91 Å². The van der Waals surface area contributed by atoms with Gasteiger partial charge in [-0.05, 0) is 6.92 Å². The topological polar surface area (TPSA) is 37.4 Å². The summed E-state index contributed by atoms with van der Waals surface area (Å²) in [6.07, 6.45) is 1.34. The van der Waals surface area contributed by atoms with Crippen molar-refractivity contribution in [3.8, 4) is 0 Å². The minimum atomic E-state index is 0.147. The third-order valence-corrected chi connectivity index (χ3v) is 3.95. The minimum absolute atomic E-state index is 0.147. The van der Waals surface area contributed by atoms with Crippen molar-refractivity contribution in [2.24, 2.45) is 0 Å². The van der Waals surface area contributed by atoms with Crippen LogP contribution in [-0.4, -0.2) is 60.8 Å². The molecule has 0 N–H and O–H groups in total. The molecule has 1 amide bonds. The lowest BCUT2D eigenvalue weighted by atomic mass is 10.1. The molecule has 0 aromatic carbocycles. The fourth-order valence-electron chi connectivity index (χ4n) is 2.09. The molecule has 0 bridgehead atoms. The molecule has 98 valence electrons. The zero-order valence-electron chi connectivity index (χ0n) is 11.4. The number of hydrogen-bond acceptors (Lipinski definition) is 2. The van der Waals surface area contributed by atoms with Gasteiger partial charge in [0.15, 0.2) is 0 Å². The maximum absolute atomic E-state index is 11.9. The number of quaternary nitrogens is 1. The second-order valence-electron chi connectivity index (χ2n) is 5.16. The van der Waals surface area contributed by atoms with Crippen molar-refractivity contribution in [2.75, 3.05) is 39.8 Å². The average molecular weight is 241 g/mol. The molecule has 1 aliphatic heterocycles. The third kappa shape index (κ3) is 4.11. The Kier molecular flexibility index (Phi) is 5.12.